The molecule has 0 unspecified atom stereocenters. The van der Waals surface area contributed by atoms with Gasteiger partial charge in [0.1, 0.15) is 24.4 Å². The highest BCUT2D eigenvalue weighted by Crippen LogP contribution is 2.63. The van der Waals surface area contributed by atoms with Crippen LogP contribution in [0, 0.1) is 29.1 Å². The summed E-state index contributed by atoms with van der Waals surface area (Å²) in [6, 6.07) is 0. The van der Waals surface area contributed by atoms with Gasteiger partial charge < -0.3 is 43.0 Å². The van der Waals surface area contributed by atoms with Crippen LogP contribution in [0.15, 0.2) is 23.8 Å². The van der Waals surface area contributed by atoms with Gasteiger partial charge in [0, 0.05) is 46.5 Å². The molecule has 0 aromatic rings. The zero-order chi connectivity index (χ0) is 40.5. The first-order valence-corrected chi connectivity index (χ1v) is 18.1. The highest BCUT2D eigenvalue weighted by atomic mass is 16.7. The van der Waals surface area contributed by atoms with Crippen LogP contribution in [0.5, 0.6) is 0 Å². The molecule has 2 saturated heterocycles. The number of rotatable bonds is 11. The summed E-state index contributed by atoms with van der Waals surface area (Å²) < 4.78 is 47.4. The van der Waals surface area contributed by atoms with Gasteiger partial charge in [0.15, 0.2) is 30.0 Å². The summed E-state index contributed by atoms with van der Waals surface area (Å²) in [5.74, 6) is -8.81. The molecule has 2 heterocycles. The number of ether oxygens (including phenoxy) is 8. The average Bonchev–Trinajstić information content (AvgIpc) is 3.78. The molecule has 1 saturated carbocycles. The van der Waals surface area contributed by atoms with Crippen LogP contribution in [0.4, 0.5) is 0 Å². The molecule has 16 heteroatoms. The van der Waals surface area contributed by atoms with Crippen LogP contribution in [0.2, 0.25) is 0 Å². The molecule has 4 aliphatic rings. The van der Waals surface area contributed by atoms with E-state index in [1.54, 1.807) is 27.7 Å². The standard InChI is InChI=1S/C38H52O16/c1-18(2)13-28(43)53-30-32(50-23(8)41)36(10)26(49-22(7)40)12-11-25(16-47-21(6)39)15-27-38(46,20(5)35(45)52-27)34(51-24(9)42)31(36)37(17-48-37)33(30)54-29(44)14-19(3)4/h11-12,15,18-20,26-27,30-34,46H,13-14,16-17H2,1-10H3/b12-11+,25-15-/t20-,26-,27-,30+,31+,32-,33+,34-,36+,37-,38+/m0/s1. The van der Waals surface area contributed by atoms with Crippen molar-refractivity contribution in [2.75, 3.05) is 13.2 Å². The second kappa shape index (κ2) is 16.2. The monoisotopic (exact) mass is 764 g/mol. The summed E-state index contributed by atoms with van der Waals surface area (Å²) in [4.78, 5) is 91.6. The molecule has 54 heavy (non-hydrogen) atoms. The number of carbonyl (C=O) groups excluding carboxylic acids is 7. The Morgan fingerprint density at radius 3 is 1.85 bits per heavy atom. The first-order chi connectivity index (χ1) is 25.1. The summed E-state index contributed by atoms with van der Waals surface area (Å²) >= 11 is 0. The third-order valence-corrected chi connectivity index (χ3v) is 10.3. The van der Waals surface area contributed by atoms with Crippen molar-refractivity contribution >= 4 is 41.8 Å². The largest absolute Gasteiger partial charge is 0.461 e. The normalized spacial score (nSPS) is 37.1. The van der Waals surface area contributed by atoms with E-state index in [1.165, 1.54) is 39.0 Å². The Labute approximate surface area is 314 Å². The van der Waals surface area contributed by atoms with Crippen molar-refractivity contribution in [3.05, 3.63) is 23.8 Å². The number of fused-ring (bicyclic) bond motifs is 3. The van der Waals surface area contributed by atoms with Crippen LogP contribution < -0.4 is 0 Å². The SMILES string of the molecule is CC(=O)OCC1=C\[C@@H]2OC(=O)[C@H](C)[C@]2(O)[C@@H](OC(C)=O)[C@H]2[C@@]3(CO3)[C@H](OC(=O)CC(C)C)[C@H](OC(=O)CC(C)C)[C@H](OC(C)=O)[C@]2(C)[C@@H](OC(C)=O)\C=C\1. The molecule has 300 valence electrons. The van der Waals surface area contributed by atoms with Crippen LogP contribution in [-0.4, -0.2) is 108 Å². The minimum absolute atomic E-state index is 0.0765. The Hall–Kier alpha value is -4.31. The molecule has 16 nitrogen and oxygen atoms in total. The molecule has 11 atom stereocenters. The topological polar surface area (TPSA) is 217 Å². The number of aliphatic hydroxyl groups is 1. The molecular formula is C38H52O16. The highest BCUT2D eigenvalue weighted by Gasteiger charge is 2.81. The molecule has 2 aliphatic carbocycles. The smallest absolute Gasteiger partial charge is 0.312 e. The van der Waals surface area contributed by atoms with Crippen LogP contribution >= 0.6 is 0 Å². The van der Waals surface area contributed by atoms with E-state index in [4.69, 9.17) is 37.9 Å². The van der Waals surface area contributed by atoms with Gasteiger partial charge in [-0.3, -0.25) is 33.6 Å². The van der Waals surface area contributed by atoms with Gasteiger partial charge in [-0.1, -0.05) is 40.7 Å². The maximum atomic E-state index is 13.5. The molecule has 3 fully saturated rings. The lowest BCUT2D eigenvalue weighted by Crippen LogP contribution is -2.76. The van der Waals surface area contributed by atoms with Gasteiger partial charge in [-0.15, -0.1) is 0 Å². The number of hydrogen-bond acceptors (Lipinski definition) is 16. The Bertz CT molecular complexity index is 1570. The second-order valence-electron chi connectivity index (χ2n) is 15.6. The van der Waals surface area contributed by atoms with E-state index in [1.807, 2.05) is 0 Å². The number of hydrogen-bond donors (Lipinski definition) is 1. The number of carbonyl (C=O) groups is 7. The van der Waals surface area contributed by atoms with E-state index in [0.29, 0.717) is 0 Å². The molecule has 0 aromatic heterocycles. The third kappa shape index (κ3) is 8.49. The van der Waals surface area contributed by atoms with Crippen molar-refractivity contribution in [2.24, 2.45) is 29.1 Å². The van der Waals surface area contributed by atoms with Crippen LogP contribution in [-0.2, 0) is 71.5 Å². The van der Waals surface area contributed by atoms with Crippen molar-refractivity contribution in [3.8, 4) is 0 Å². The van der Waals surface area contributed by atoms with Gasteiger partial charge in [0.05, 0.1) is 17.9 Å². The first kappa shape index (κ1) is 42.4. The van der Waals surface area contributed by atoms with Gasteiger partial charge in [-0.25, -0.2) is 0 Å². The number of esters is 7. The second-order valence-corrected chi connectivity index (χ2v) is 15.6. The van der Waals surface area contributed by atoms with Crippen LogP contribution in [0.1, 0.15) is 82.1 Å². The molecule has 0 aromatic carbocycles. The van der Waals surface area contributed by atoms with E-state index in [0.717, 1.165) is 20.8 Å². The molecule has 2 aliphatic heterocycles. The third-order valence-electron chi connectivity index (χ3n) is 10.3. The van der Waals surface area contributed by atoms with Gasteiger partial charge in [-0.2, -0.15) is 0 Å². The molecule has 1 N–H and O–H groups in total. The molecule has 0 bridgehead atoms. The van der Waals surface area contributed by atoms with Crippen LogP contribution in [0.25, 0.3) is 0 Å². The van der Waals surface area contributed by atoms with Crippen molar-refractivity contribution in [1.29, 1.82) is 0 Å². The zero-order valence-corrected chi connectivity index (χ0v) is 32.4. The van der Waals surface area contributed by atoms with Gasteiger partial charge in [0.2, 0.25) is 0 Å². The van der Waals surface area contributed by atoms with Crippen molar-refractivity contribution in [3.63, 3.8) is 0 Å². The highest BCUT2D eigenvalue weighted by molar-refractivity contribution is 5.78. The predicted molar refractivity (Wildman–Crippen MR) is 183 cm³/mol. The van der Waals surface area contributed by atoms with E-state index in [9.17, 15) is 38.7 Å². The molecule has 1 spiro atoms. The Morgan fingerprint density at radius 1 is 0.815 bits per heavy atom. The fourth-order valence-corrected chi connectivity index (χ4v) is 7.97. The lowest BCUT2D eigenvalue weighted by Gasteiger charge is -2.59. The first-order valence-electron chi connectivity index (χ1n) is 18.1. The molecule has 0 amide bonds. The van der Waals surface area contributed by atoms with Crippen molar-refractivity contribution < 1.29 is 76.6 Å². The van der Waals surface area contributed by atoms with E-state index in [2.05, 4.69) is 0 Å². The quantitative estimate of drug-likeness (QED) is 0.182. The summed E-state index contributed by atoms with van der Waals surface area (Å²) in [5.41, 5.74) is -5.93. The fraction of sp³-hybridized carbons (Fsp3) is 0.711. The molecule has 4 rings (SSSR count). The van der Waals surface area contributed by atoms with Crippen molar-refractivity contribution in [1.82, 2.24) is 0 Å². The molecule has 0 radical (unpaired) electrons. The fourth-order valence-electron chi connectivity index (χ4n) is 7.97. The Balaban J connectivity index is 2.15. The summed E-state index contributed by atoms with van der Waals surface area (Å²) in [6.45, 7) is 13.9. The van der Waals surface area contributed by atoms with Crippen LogP contribution in [0.3, 0.4) is 0 Å². The molecular weight excluding hydrogens is 712 g/mol. The minimum atomic E-state index is -2.44. The lowest BCUT2D eigenvalue weighted by molar-refractivity contribution is -0.280. The zero-order valence-electron chi connectivity index (χ0n) is 32.4. The average molecular weight is 765 g/mol. The van der Waals surface area contributed by atoms with Gasteiger partial charge in [-0.05, 0) is 36.5 Å². The number of epoxide rings is 1. The predicted octanol–water partition coefficient (Wildman–Crippen LogP) is 2.45. The Kier molecular flexibility index (Phi) is 12.7. The van der Waals surface area contributed by atoms with E-state index in [-0.39, 0.29) is 43.5 Å². The summed E-state index contributed by atoms with van der Waals surface area (Å²) in [5, 5.41) is 13.0. The van der Waals surface area contributed by atoms with E-state index < -0.39 is 107 Å². The summed E-state index contributed by atoms with van der Waals surface area (Å²) in [7, 11) is 0. The minimum Gasteiger partial charge on any atom is -0.461 e. The van der Waals surface area contributed by atoms with Gasteiger partial charge >= 0.3 is 41.8 Å². The van der Waals surface area contributed by atoms with E-state index >= 15 is 0 Å². The Morgan fingerprint density at radius 2 is 1.35 bits per heavy atom. The maximum absolute atomic E-state index is 13.5. The van der Waals surface area contributed by atoms with Crippen molar-refractivity contribution in [2.45, 2.75) is 130 Å². The lowest BCUT2D eigenvalue weighted by atomic mass is 9.51. The summed E-state index contributed by atoms with van der Waals surface area (Å²) in [6.07, 6.45) is -5.66. The maximum Gasteiger partial charge on any atom is 0.312 e. The van der Waals surface area contributed by atoms with Gasteiger partial charge in [0.25, 0.3) is 0 Å².